The second-order valence-electron chi connectivity index (χ2n) is 6.58. The van der Waals surface area contributed by atoms with Crippen LogP contribution in [0.2, 0.25) is 5.02 Å². The number of aryl methyl sites for hydroxylation is 2. The Balaban J connectivity index is 1.50. The van der Waals surface area contributed by atoms with Crippen LogP contribution in [0, 0.1) is 13.8 Å². The number of halogens is 1. The number of hydrogen-bond acceptors (Lipinski definition) is 4. The average Bonchev–Trinajstić information content (AvgIpc) is 3.29. The molecule has 0 saturated heterocycles. The van der Waals surface area contributed by atoms with E-state index in [0.29, 0.717) is 15.9 Å². The van der Waals surface area contributed by atoms with E-state index in [0.717, 1.165) is 35.5 Å². The lowest BCUT2D eigenvalue weighted by molar-refractivity contribution is -0.116. The molecule has 138 valence electrons. The molecule has 7 heteroatoms. The minimum absolute atomic E-state index is 0.0875. The second-order valence-corrected chi connectivity index (χ2v) is 7.93. The summed E-state index contributed by atoms with van der Waals surface area (Å²) >= 11 is 7.63. The molecule has 0 radical (unpaired) electrons. The number of benzene rings is 2. The summed E-state index contributed by atoms with van der Waals surface area (Å²) in [4.78, 5) is 14.7. The molecule has 0 aliphatic carbocycles. The van der Waals surface area contributed by atoms with Gasteiger partial charge in [-0.3, -0.25) is 9.36 Å². The summed E-state index contributed by atoms with van der Waals surface area (Å²) < 4.78 is 1.85. The van der Waals surface area contributed by atoms with Crippen molar-refractivity contribution >= 4 is 35.0 Å². The molecule has 3 aromatic rings. The van der Waals surface area contributed by atoms with E-state index in [9.17, 15) is 4.79 Å². The summed E-state index contributed by atoms with van der Waals surface area (Å²) in [5.41, 5.74) is 5.34. The molecular formula is C20H19ClN4OS. The molecule has 1 aliphatic rings. The highest BCUT2D eigenvalue weighted by Gasteiger charge is 2.26. The lowest BCUT2D eigenvalue weighted by Gasteiger charge is -2.19. The molecular weight excluding hydrogens is 380 g/mol. The highest BCUT2D eigenvalue weighted by Crippen LogP contribution is 2.32. The molecule has 1 amide bonds. The van der Waals surface area contributed by atoms with Crippen molar-refractivity contribution in [2.45, 2.75) is 25.4 Å². The molecule has 27 heavy (non-hydrogen) atoms. The molecule has 2 heterocycles. The Labute approximate surface area is 167 Å². The number of rotatable bonds is 4. The fourth-order valence-electron chi connectivity index (χ4n) is 3.34. The smallest absolute Gasteiger partial charge is 0.237 e. The standard InChI is InChI=1S/C20H19ClN4OS/c1-13-6-7-16(10-17(13)21)25-12-22-23-20(25)27-11-18(26)24-9-8-15-5-3-4-14(2)19(15)24/h3-7,10,12H,8-9,11H2,1-2H3. The minimum atomic E-state index is 0.0875. The third-order valence-electron chi connectivity index (χ3n) is 4.77. The van der Waals surface area contributed by atoms with Gasteiger partial charge in [0.2, 0.25) is 5.91 Å². The van der Waals surface area contributed by atoms with Gasteiger partial charge in [-0.1, -0.05) is 47.6 Å². The summed E-state index contributed by atoms with van der Waals surface area (Å²) in [6, 6.07) is 12.0. The summed E-state index contributed by atoms with van der Waals surface area (Å²) in [7, 11) is 0. The first kappa shape index (κ1) is 18.1. The van der Waals surface area contributed by atoms with Crippen molar-refractivity contribution < 1.29 is 4.79 Å². The first-order valence-electron chi connectivity index (χ1n) is 8.73. The lowest BCUT2D eigenvalue weighted by atomic mass is 10.1. The fourth-order valence-corrected chi connectivity index (χ4v) is 4.32. The molecule has 2 aromatic carbocycles. The molecule has 5 nitrogen and oxygen atoms in total. The van der Waals surface area contributed by atoms with Gasteiger partial charge in [-0.15, -0.1) is 10.2 Å². The molecule has 0 N–H and O–H groups in total. The normalized spacial score (nSPS) is 13.1. The van der Waals surface area contributed by atoms with E-state index in [2.05, 4.69) is 29.3 Å². The van der Waals surface area contributed by atoms with E-state index in [1.165, 1.54) is 17.3 Å². The maximum Gasteiger partial charge on any atom is 0.237 e. The topological polar surface area (TPSA) is 51.0 Å². The van der Waals surface area contributed by atoms with E-state index in [1.54, 1.807) is 6.33 Å². The van der Waals surface area contributed by atoms with Crippen LogP contribution < -0.4 is 4.90 Å². The largest absolute Gasteiger partial charge is 0.311 e. The molecule has 0 unspecified atom stereocenters. The van der Waals surface area contributed by atoms with Crippen molar-refractivity contribution in [3.8, 4) is 5.69 Å². The maximum absolute atomic E-state index is 12.8. The van der Waals surface area contributed by atoms with Crippen LogP contribution in [0.15, 0.2) is 47.9 Å². The number of nitrogens with zero attached hydrogens (tertiary/aromatic N) is 4. The Morgan fingerprint density at radius 2 is 2.07 bits per heavy atom. The predicted octanol–water partition coefficient (Wildman–Crippen LogP) is 4.22. The number of carbonyl (C=O) groups excluding carboxylic acids is 1. The van der Waals surface area contributed by atoms with E-state index in [-0.39, 0.29) is 5.91 Å². The zero-order valence-corrected chi connectivity index (χ0v) is 16.7. The van der Waals surface area contributed by atoms with Gasteiger partial charge in [0.25, 0.3) is 0 Å². The van der Waals surface area contributed by atoms with Gasteiger partial charge in [0.1, 0.15) is 6.33 Å². The highest BCUT2D eigenvalue weighted by molar-refractivity contribution is 7.99. The Morgan fingerprint density at radius 1 is 1.22 bits per heavy atom. The van der Waals surface area contributed by atoms with E-state index < -0.39 is 0 Å². The fraction of sp³-hybridized carbons (Fsp3) is 0.250. The molecule has 0 bridgehead atoms. The van der Waals surface area contributed by atoms with Crippen molar-refractivity contribution in [3.05, 3.63) is 64.4 Å². The van der Waals surface area contributed by atoms with Crippen molar-refractivity contribution in [3.63, 3.8) is 0 Å². The van der Waals surface area contributed by atoms with Crippen LogP contribution >= 0.6 is 23.4 Å². The van der Waals surface area contributed by atoms with Gasteiger partial charge in [0, 0.05) is 17.3 Å². The molecule has 0 spiro atoms. The van der Waals surface area contributed by atoms with Gasteiger partial charge in [-0.25, -0.2) is 0 Å². The van der Waals surface area contributed by atoms with Crippen molar-refractivity contribution in [1.29, 1.82) is 0 Å². The van der Waals surface area contributed by atoms with Gasteiger partial charge < -0.3 is 4.90 Å². The average molecular weight is 399 g/mol. The third kappa shape index (κ3) is 3.47. The number of hydrogen-bond donors (Lipinski definition) is 0. The molecule has 0 saturated carbocycles. The number of amides is 1. The Kier molecular flexibility index (Phi) is 4.93. The predicted molar refractivity (Wildman–Crippen MR) is 109 cm³/mol. The van der Waals surface area contributed by atoms with Gasteiger partial charge in [0.15, 0.2) is 5.16 Å². The van der Waals surface area contributed by atoms with Crippen LogP contribution in [0.3, 0.4) is 0 Å². The Bertz CT molecular complexity index is 1020. The summed E-state index contributed by atoms with van der Waals surface area (Å²) in [6.45, 7) is 4.75. The number of para-hydroxylation sites is 1. The van der Waals surface area contributed by atoms with Gasteiger partial charge >= 0.3 is 0 Å². The zero-order valence-electron chi connectivity index (χ0n) is 15.1. The number of fused-ring (bicyclic) bond motifs is 1. The van der Waals surface area contributed by atoms with Gasteiger partial charge in [0.05, 0.1) is 11.4 Å². The summed E-state index contributed by atoms with van der Waals surface area (Å²) in [5.74, 6) is 0.399. The molecule has 4 rings (SSSR count). The summed E-state index contributed by atoms with van der Waals surface area (Å²) in [5, 5.41) is 9.53. The Hall–Kier alpha value is -2.31. The highest BCUT2D eigenvalue weighted by atomic mass is 35.5. The van der Waals surface area contributed by atoms with Crippen LogP contribution in [0.25, 0.3) is 5.69 Å². The molecule has 1 aliphatic heterocycles. The monoisotopic (exact) mass is 398 g/mol. The van der Waals surface area contributed by atoms with Crippen molar-refractivity contribution in [1.82, 2.24) is 14.8 Å². The van der Waals surface area contributed by atoms with E-state index in [1.807, 2.05) is 40.7 Å². The zero-order chi connectivity index (χ0) is 19.0. The molecule has 0 fully saturated rings. The summed E-state index contributed by atoms with van der Waals surface area (Å²) in [6.07, 6.45) is 2.55. The van der Waals surface area contributed by atoms with Gasteiger partial charge in [-0.05, 0) is 49.1 Å². The lowest BCUT2D eigenvalue weighted by Crippen LogP contribution is -2.31. The van der Waals surface area contributed by atoms with E-state index in [4.69, 9.17) is 11.6 Å². The Morgan fingerprint density at radius 3 is 2.89 bits per heavy atom. The van der Waals surface area contributed by atoms with Crippen LogP contribution in [0.4, 0.5) is 5.69 Å². The first-order chi connectivity index (χ1) is 13.0. The van der Waals surface area contributed by atoms with Gasteiger partial charge in [-0.2, -0.15) is 0 Å². The number of anilines is 1. The molecule has 1 aromatic heterocycles. The quantitative estimate of drug-likeness (QED) is 0.617. The number of aromatic nitrogens is 3. The SMILES string of the molecule is Cc1ccc(-n2cnnc2SCC(=O)N2CCc3cccc(C)c32)cc1Cl. The minimum Gasteiger partial charge on any atom is -0.311 e. The van der Waals surface area contributed by atoms with Crippen LogP contribution in [-0.4, -0.2) is 33.0 Å². The van der Waals surface area contributed by atoms with Crippen LogP contribution in [0.1, 0.15) is 16.7 Å². The van der Waals surface area contributed by atoms with Crippen molar-refractivity contribution in [2.24, 2.45) is 0 Å². The van der Waals surface area contributed by atoms with E-state index >= 15 is 0 Å². The number of carbonyl (C=O) groups is 1. The second kappa shape index (κ2) is 7.37. The molecule has 0 atom stereocenters. The van der Waals surface area contributed by atoms with Crippen molar-refractivity contribution in [2.75, 3.05) is 17.2 Å². The third-order valence-corrected chi connectivity index (χ3v) is 6.11. The van der Waals surface area contributed by atoms with Crippen LogP contribution in [0.5, 0.6) is 0 Å². The van der Waals surface area contributed by atoms with Crippen LogP contribution in [-0.2, 0) is 11.2 Å². The maximum atomic E-state index is 12.8. The first-order valence-corrected chi connectivity index (χ1v) is 10.1. The number of thioether (sulfide) groups is 1.